The summed E-state index contributed by atoms with van der Waals surface area (Å²) in [7, 11) is 0. The maximum absolute atomic E-state index is 12.8. The molecule has 1 aromatic heterocycles. The Morgan fingerprint density at radius 1 is 1.17 bits per heavy atom. The molecule has 4 rings (SSSR count). The molecule has 0 spiro atoms. The van der Waals surface area contributed by atoms with E-state index in [1.807, 2.05) is 11.0 Å². The molecular formula is C17H24N2O3S. The molecule has 3 fully saturated rings. The van der Waals surface area contributed by atoms with Gasteiger partial charge < -0.3 is 20.4 Å². The van der Waals surface area contributed by atoms with Crippen LogP contribution in [0.5, 0.6) is 0 Å². The maximum Gasteiger partial charge on any atom is 0.263 e. The Hall–Kier alpha value is -0.950. The predicted molar refractivity (Wildman–Crippen MR) is 88.4 cm³/mol. The lowest BCUT2D eigenvalue weighted by atomic mass is 9.79. The summed E-state index contributed by atoms with van der Waals surface area (Å²) in [6, 6.07) is 4.44. The van der Waals surface area contributed by atoms with E-state index < -0.39 is 12.2 Å². The molecule has 126 valence electrons. The largest absolute Gasteiger partial charge is 0.390 e. The van der Waals surface area contributed by atoms with Crippen LogP contribution in [0.15, 0.2) is 12.1 Å². The van der Waals surface area contributed by atoms with Crippen LogP contribution in [0.4, 0.5) is 0 Å². The molecular weight excluding hydrogens is 312 g/mol. The van der Waals surface area contributed by atoms with Gasteiger partial charge in [0.15, 0.2) is 0 Å². The molecule has 5 nitrogen and oxygen atoms in total. The van der Waals surface area contributed by atoms with Crippen molar-refractivity contribution < 1.29 is 15.0 Å². The highest BCUT2D eigenvalue weighted by atomic mass is 32.1. The average molecular weight is 336 g/mol. The first-order valence-corrected chi connectivity index (χ1v) is 9.42. The van der Waals surface area contributed by atoms with Crippen LogP contribution in [0.1, 0.15) is 46.3 Å². The highest BCUT2D eigenvalue weighted by molar-refractivity contribution is 7.14. The summed E-state index contributed by atoms with van der Waals surface area (Å²) in [5.41, 5.74) is 0. The predicted octanol–water partition coefficient (Wildman–Crippen LogP) is 1.38. The van der Waals surface area contributed by atoms with Crippen LogP contribution in [0.25, 0.3) is 0 Å². The van der Waals surface area contributed by atoms with Crippen LogP contribution in [-0.4, -0.2) is 52.9 Å². The van der Waals surface area contributed by atoms with Crippen molar-refractivity contribution in [2.45, 2.75) is 43.9 Å². The molecule has 0 radical (unpaired) electrons. The van der Waals surface area contributed by atoms with E-state index in [-0.39, 0.29) is 5.91 Å². The highest BCUT2D eigenvalue weighted by Gasteiger charge is 2.42. The van der Waals surface area contributed by atoms with Gasteiger partial charge in [0, 0.05) is 24.0 Å². The van der Waals surface area contributed by atoms with Crippen molar-refractivity contribution in [3.8, 4) is 0 Å². The van der Waals surface area contributed by atoms with E-state index >= 15 is 0 Å². The van der Waals surface area contributed by atoms with Crippen molar-refractivity contribution in [3.05, 3.63) is 21.9 Å². The third-order valence-electron chi connectivity index (χ3n) is 5.64. The quantitative estimate of drug-likeness (QED) is 0.763. The van der Waals surface area contributed by atoms with Crippen molar-refractivity contribution in [1.29, 1.82) is 0 Å². The monoisotopic (exact) mass is 336 g/mol. The molecule has 5 atom stereocenters. The lowest BCUT2D eigenvalue weighted by Crippen LogP contribution is -2.38. The second-order valence-corrected chi connectivity index (χ2v) is 8.30. The fourth-order valence-corrected chi connectivity index (χ4v) is 5.40. The minimum absolute atomic E-state index is 0.109. The molecule has 0 aromatic carbocycles. The van der Waals surface area contributed by atoms with E-state index in [1.165, 1.54) is 11.3 Å². The molecule has 2 aliphatic heterocycles. The van der Waals surface area contributed by atoms with Gasteiger partial charge in [0.05, 0.1) is 17.1 Å². The smallest absolute Gasteiger partial charge is 0.263 e. The van der Waals surface area contributed by atoms with Crippen LogP contribution in [0.3, 0.4) is 0 Å². The summed E-state index contributed by atoms with van der Waals surface area (Å²) in [6.45, 7) is 2.48. The number of carbonyl (C=O) groups is 1. The molecule has 1 aromatic rings. The van der Waals surface area contributed by atoms with Crippen molar-refractivity contribution >= 4 is 17.2 Å². The fraction of sp³-hybridized carbons (Fsp3) is 0.706. The molecule has 0 bridgehead atoms. The Morgan fingerprint density at radius 2 is 1.87 bits per heavy atom. The number of aliphatic hydroxyl groups is 2. The Morgan fingerprint density at radius 3 is 2.48 bits per heavy atom. The number of rotatable bonds is 2. The third kappa shape index (κ3) is 2.93. The SMILES string of the molecule is O=C(c1ccc([C@@H]2CCCN2)s1)N1C[C@H]2C[C@H](O)[C@@H](O)C[C@H]2C1. The summed E-state index contributed by atoms with van der Waals surface area (Å²) in [6.07, 6.45) is 2.31. The summed E-state index contributed by atoms with van der Waals surface area (Å²) in [4.78, 5) is 16.8. The second-order valence-electron chi connectivity index (χ2n) is 7.19. The Kier molecular flexibility index (Phi) is 4.17. The first-order chi connectivity index (χ1) is 11.1. The summed E-state index contributed by atoms with van der Waals surface area (Å²) in [5.74, 6) is 0.763. The zero-order valence-electron chi connectivity index (χ0n) is 13.1. The minimum Gasteiger partial charge on any atom is -0.390 e. The molecule has 3 N–H and O–H groups in total. The molecule has 3 heterocycles. The standard InChI is InChI=1S/C17H24N2O3S/c20-13-6-10-8-19(9-11(10)7-14(13)21)17(22)16-4-3-15(23-16)12-2-1-5-18-12/h3-4,10-14,18,20-21H,1-2,5-9H2/t10-,11+,12-,13-,14-/m0/s1. The fourth-order valence-electron chi connectivity index (χ4n) is 4.31. The van der Waals surface area contributed by atoms with Gasteiger partial charge in [0.1, 0.15) is 0 Å². The van der Waals surface area contributed by atoms with E-state index in [0.29, 0.717) is 43.8 Å². The number of hydrogen-bond donors (Lipinski definition) is 3. The number of nitrogens with zero attached hydrogens (tertiary/aromatic N) is 1. The Bertz CT molecular complexity index is 566. The number of aliphatic hydroxyl groups excluding tert-OH is 2. The lowest BCUT2D eigenvalue weighted by molar-refractivity contribution is -0.0372. The molecule has 23 heavy (non-hydrogen) atoms. The summed E-state index contributed by atoms with van der Waals surface area (Å²) < 4.78 is 0. The summed E-state index contributed by atoms with van der Waals surface area (Å²) >= 11 is 1.61. The molecule has 2 saturated heterocycles. The number of fused-ring (bicyclic) bond motifs is 1. The Balaban J connectivity index is 1.43. The van der Waals surface area contributed by atoms with Crippen molar-refractivity contribution in [2.24, 2.45) is 11.8 Å². The van der Waals surface area contributed by atoms with Gasteiger partial charge in [0.2, 0.25) is 0 Å². The molecule has 0 unspecified atom stereocenters. The average Bonchev–Trinajstić information content (AvgIpc) is 3.26. The third-order valence-corrected chi connectivity index (χ3v) is 6.82. The normalized spacial score (nSPS) is 37.1. The number of carbonyl (C=O) groups excluding carboxylic acids is 1. The van der Waals surface area contributed by atoms with E-state index in [2.05, 4.69) is 11.4 Å². The van der Waals surface area contributed by atoms with Crippen LogP contribution in [-0.2, 0) is 0 Å². The first kappa shape index (κ1) is 15.6. The maximum atomic E-state index is 12.8. The minimum atomic E-state index is -0.631. The van der Waals surface area contributed by atoms with Gasteiger partial charge in [0.25, 0.3) is 5.91 Å². The summed E-state index contributed by atoms with van der Waals surface area (Å²) in [5, 5.41) is 23.1. The van der Waals surface area contributed by atoms with Crippen molar-refractivity contribution in [2.75, 3.05) is 19.6 Å². The molecule has 1 amide bonds. The van der Waals surface area contributed by atoms with Crippen molar-refractivity contribution in [1.82, 2.24) is 10.2 Å². The number of hydrogen-bond acceptors (Lipinski definition) is 5. The van der Waals surface area contributed by atoms with Gasteiger partial charge in [-0.15, -0.1) is 11.3 Å². The zero-order chi connectivity index (χ0) is 16.0. The van der Waals surface area contributed by atoms with E-state index in [4.69, 9.17) is 0 Å². The van der Waals surface area contributed by atoms with Crippen LogP contribution >= 0.6 is 11.3 Å². The number of likely N-dealkylation sites (tertiary alicyclic amines) is 1. The van der Waals surface area contributed by atoms with Gasteiger partial charge in [-0.05, 0) is 56.2 Å². The number of nitrogens with one attached hydrogen (secondary N) is 1. The van der Waals surface area contributed by atoms with Gasteiger partial charge in [-0.3, -0.25) is 4.79 Å². The van der Waals surface area contributed by atoms with Crippen molar-refractivity contribution in [3.63, 3.8) is 0 Å². The van der Waals surface area contributed by atoms with E-state index in [0.717, 1.165) is 17.8 Å². The number of amides is 1. The first-order valence-electron chi connectivity index (χ1n) is 8.60. The van der Waals surface area contributed by atoms with E-state index in [9.17, 15) is 15.0 Å². The van der Waals surface area contributed by atoms with Crippen LogP contribution in [0.2, 0.25) is 0 Å². The molecule has 1 saturated carbocycles. The zero-order valence-corrected chi connectivity index (χ0v) is 14.0. The van der Waals surface area contributed by atoms with Gasteiger partial charge >= 0.3 is 0 Å². The second kappa shape index (κ2) is 6.16. The lowest BCUT2D eigenvalue weighted by Gasteiger charge is -2.31. The van der Waals surface area contributed by atoms with Crippen LogP contribution in [0, 0.1) is 11.8 Å². The molecule has 3 aliphatic rings. The highest BCUT2D eigenvalue weighted by Crippen LogP contribution is 2.38. The van der Waals surface area contributed by atoms with Gasteiger partial charge in [-0.25, -0.2) is 0 Å². The Labute approximate surface area is 140 Å². The number of thiophene rings is 1. The van der Waals surface area contributed by atoms with Gasteiger partial charge in [-0.1, -0.05) is 0 Å². The van der Waals surface area contributed by atoms with Crippen LogP contribution < -0.4 is 5.32 Å². The molecule has 6 heteroatoms. The molecule has 1 aliphatic carbocycles. The topological polar surface area (TPSA) is 72.8 Å². The van der Waals surface area contributed by atoms with E-state index in [1.54, 1.807) is 11.3 Å². The van der Waals surface area contributed by atoms with Gasteiger partial charge in [-0.2, -0.15) is 0 Å².